The summed E-state index contributed by atoms with van der Waals surface area (Å²) in [6.07, 6.45) is 5.39. The number of carbonyl (C=O) groups excluding carboxylic acids is 1. The van der Waals surface area contributed by atoms with Crippen molar-refractivity contribution in [2.75, 3.05) is 6.54 Å². The molecular formula is C13H26N2O. The lowest BCUT2D eigenvalue weighted by atomic mass is 9.88. The molecule has 0 saturated heterocycles. The largest absolute Gasteiger partial charge is 0.354 e. The number of carbonyl (C=O) groups is 1. The van der Waals surface area contributed by atoms with Crippen LogP contribution in [-0.2, 0) is 4.79 Å². The average molecular weight is 226 g/mol. The molecule has 1 atom stereocenters. The van der Waals surface area contributed by atoms with Gasteiger partial charge in [-0.2, -0.15) is 0 Å². The fourth-order valence-corrected chi connectivity index (χ4v) is 2.51. The molecule has 0 heterocycles. The van der Waals surface area contributed by atoms with Gasteiger partial charge in [-0.15, -0.1) is 0 Å². The van der Waals surface area contributed by atoms with Crippen molar-refractivity contribution in [2.45, 2.75) is 58.9 Å². The van der Waals surface area contributed by atoms with Gasteiger partial charge in [-0.25, -0.2) is 0 Å². The Balaban J connectivity index is 2.29. The van der Waals surface area contributed by atoms with Crippen LogP contribution in [0.2, 0.25) is 0 Å². The van der Waals surface area contributed by atoms with Crippen molar-refractivity contribution < 1.29 is 4.79 Å². The number of rotatable bonds is 5. The second-order valence-electron chi connectivity index (χ2n) is 5.87. The predicted octanol–water partition coefficient (Wildman–Crippen LogP) is 2.06. The van der Waals surface area contributed by atoms with E-state index in [1.54, 1.807) is 0 Å². The van der Waals surface area contributed by atoms with Gasteiger partial charge in [-0.1, -0.05) is 33.6 Å². The van der Waals surface area contributed by atoms with Crippen LogP contribution < -0.4 is 11.1 Å². The topological polar surface area (TPSA) is 55.1 Å². The van der Waals surface area contributed by atoms with Crippen molar-refractivity contribution >= 4 is 5.91 Å². The van der Waals surface area contributed by atoms with Gasteiger partial charge < -0.3 is 11.1 Å². The van der Waals surface area contributed by atoms with Crippen LogP contribution in [0.25, 0.3) is 0 Å². The van der Waals surface area contributed by atoms with Crippen LogP contribution in [0.5, 0.6) is 0 Å². The highest BCUT2D eigenvalue weighted by molar-refractivity contribution is 5.82. The lowest BCUT2D eigenvalue weighted by Gasteiger charge is -2.24. The Morgan fingerprint density at radius 3 is 2.44 bits per heavy atom. The van der Waals surface area contributed by atoms with Gasteiger partial charge in [0, 0.05) is 18.0 Å². The zero-order valence-corrected chi connectivity index (χ0v) is 10.9. The van der Waals surface area contributed by atoms with Crippen molar-refractivity contribution in [3.63, 3.8) is 0 Å². The Hall–Kier alpha value is -0.570. The lowest BCUT2D eigenvalue weighted by molar-refractivity contribution is -0.129. The lowest BCUT2D eigenvalue weighted by Crippen LogP contribution is -2.43. The molecule has 1 fully saturated rings. The molecule has 3 heteroatoms. The molecule has 1 amide bonds. The van der Waals surface area contributed by atoms with Crippen LogP contribution in [0.15, 0.2) is 0 Å². The standard InChI is InChI=1S/C13H26N2O/c1-10(2)8-11(14)9-15-12(16)13(3)6-4-5-7-13/h10-11H,4-9,14H2,1-3H3,(H,15,16). The van der Waals surface area contributed by atoms with Crippen LogP contribution in [0, 0.1) is 11.3 Å². The minimum Gasteiger partial charge on any atom is -0.354 e. The molecular weight excluding hydrogens is 200 g/mol. The maximum Gasteiger partial charge on any atom is 0.225 e. The summed E-state index contributed by atoms with van der Waals surface area (Å²) >= 11 is 0. The van der Waals surface area contributed by atoms with Gasteiger partial charge in [0.2, 0.25) is 5.91 Å². The molecule has 1 aliphatic rings. The summed E-state index contributed by atoms with van der Waals surface area (Å²) in [5.41, 5.74) is 5.82. The molecule has 1 saturated carbocycles. The predicted molar refractivity (Wildman–Crippen MR) is 67.0 cm³/mol. The number of nitrogens with two attached hydrogens (primary N) is 1. The minimum absolute atomic E-state index is 0.0916. The zero-order valence-electron chi connectivity index (χ0n) is 10.9. The van der Waals surface area contributed by atoms with Crippen LogP contribution in [0.3, 0.4) is 0 Å². The molecule has 0 radical (unpaired) electrons. The van der Waals surface area contributed by atoms with Crippen molar-refractivity contribution in [1.29, 1.82) is 0 Å². The molecule has 3 N–H and O–H groups in total. The normalized spacial score (nSPS) is 21.1. The highest BCUT2D eigenvalue weighted by atomic mass is 16.2. The van der Waals surface area contributed by atoms with Crippen molar-refractivity contribution in [2.24, 2.45) is 17.1 Å². The second kappa shape index (κ2) is 5.67. The molecule has 0 aromatic carbocycles. The molecule has 1 rings (SSSR count). The van der Waals surface area contributed by atoms with Gasteiger partial charge in [0.05, 0.1) is 0 Å². The summed E-state index contributed by atoms with van der Waals surface area (Å²) in [5.74, 6) is 0.790. The molecule has 0 bridgehead atoms. The third-order valence-corrected chi connectivity index (χ3v) is 3.55. The van der Waals surface area contributed by atoms with Crippen LogP contribution in [0.1, 0.15) is 52.9 Å². The van der Waals surface area contributed by atoms with E-state index in [0.717, 1.165) is 19.3 Å². The molecule has 1 aliphatic carbocycles. The molecule has 0 aromatic rings. The SMILES string of the molecule is CC(C)CC(N)CNC(=O)C1(C)CCCC1. The third kappa shape index (κ3) is 3.78. The van der Waals surface area contributed by atoms with Crippen LogP contribution in [0.4, 0.5) is 0 Å². The summed E-state index contributed by atoms with van der Waals surface area (Å²) in [7, 11) is 0. The Labute approximate surface area is 99.2 Å². The first-order valence-electron chi connectivity index (χ1n) is 6.48. The van der Waals surface area contributed by atoms with Crippen LogP contribution in [-0.4, -0.2) is 18.5 Å². The van der Waals surface area contributed by atoms with Gasteiger partial charge in [0.1, 0.15) is 0 Å². The second-order valence-corrected chi connectivity index (χ2v) is 5.87. The Morgan fingerprint density at radius 2 is 1.94 bits per heavy atom. The quantitative estimate of drug-likeness (QED) is 0.754. The van der Waals surface area contributed by atoms with E-state index in [1.165, 1.54) is 12.8 Å². The molecule has 3 nitrogen and oxygen atoms in total. The van der Waals surface area contributed by atoms with Crippen molar-refractivity contribution in [3.05, 3.63) is 0 Å². The first-order valence-corrected chi connectivity index (χ1v) is 6.48. The molecule has 16 heavy (non-hydrogen) atoms. The van der Waals surface area contributed by atoms with Gasteiger partial charge in [-0.3, -0.25) is 4.79 Å². The van der Waals surface area contributed by atoms with Crippen LogP contribution >= 0.6 is 0 Å². The van der Waals surface area contributed by atoms with Crippen molar-refractivity contribution in [3.8, 4) is 0 Å². The summed E-state index contributed by atoms with van der Waals surface area (Å²) in [6, 6.07) is 0.0916. The average Bonchev–Trinajstić information content (AvgIpc) is 2.62. The van der Waals surface area contributed by atoms with E-state index in [-0.39, 0.29) is 17.4 Å². The van der Waals surface area contributed by atoms with E-state index in [9.17, 15) is 4.79 Å². The number of hydrogen-bond acceptors (Lipinski definition) is 2. The smallest absolute Gasteiger partial charge is 0.225 e. The summed E-state index contributed by atoms with van der Waals surface area (Å²) in [5, 5.41) is 3.01. The van der Waals surface area contributed by atoms with Crippen molar-refractivity contribution in [1.82, 2.24) is 5.32 Å². The number of nitrogens with one attached hydrogen (secondary N) is 1. The molecule has 0 aliphatic heterocycles. The minimum atomic E-state index is -0.127. The highest BCUT2D eigenvalue weighted by Crippen LogP contribution is 2.37. The van der Waals surface area contributed by atoms with Gasteiger partial charge >= 0.3 is 0 Å². The third-order valence-electron chi connectivity index (χ3n) is 3.55. The van der Waals surface area contributed by atoms with E-state index < -0.39 is 0 Å². The van der Waals surface area contributed by atoms with E-state index in [1.807, 2.05) is 0 Å². The Bertz CT molecular complexity index is 232. The number of amides is 1. The fraction of sp³-hybridized carbons (Fsp3) is 0.923. The van der Waals surface area contributed by atoms with E-state index in [2.05, 4.69) is 26.1 Å². The van der Waals surface area contributed by atoms with E-state index in [0.29, 0.717) is 12.5 Å². The van der Waals surface area contributed by atoms with E-state index in [4.69, 9.17) is 5.73 Å². The van der Waals surface area contributed by atoms with Gasteiger partial charge in [0.15, 0.2) is 0 Å². The maximum absolute atomic E-state index is 12.0. The first-order chi connectivity index (χ1) is 7.44. The summed E-state index contributed by atoms with van der Waals surface area (Å²) in [4.78, 5) is 12.0. The summed E-state index contributed by atoms with van der Waals surface area (Å²) < 4.78 is 0. The Morgan fingerprint density at radius 1 is 1.38 bits per heavy atom. The summed E-state index contributed by atoms with van der Waals surface area (Å²) in [6.45, 7) is 7.00. The number of hydrogen-bond donors (Lipinski definition) is 2. The molecule has 1 unspecified atom stereocenters. The molecule has 0 spiro atoms. The molecule has 0 aromatic heterocycles. The van der Waals surface area contributed by atoms with Gasteiger partial charge in [0.25, 0.3) is 0 Å². The molecule has 94 valence electrons. The van der Waals surface area contributed by atoms with Gasteiger partial charge in [-0.05, 0) is 25.2 Å². The highest BCUT2D eigenvalue weighted by Gasteiger charge is 2.35. The zero-order chi connectivity index (χ0) is 12.2. The Kier molecular flexibility index (Phi) is 4.78. The first kappa shape index (κ1) is 13.5. The monoisotopic (exact) mass is 226 g/mol. The fourth-order valence-electron chi connectivity index (χ4n) is 2.51. The maximum atomic E-state index is 12.0. The van der Waals surface area contributed by atoms with E-state index >= 15 is 0 Å².